The first-order chi connectivity index (χ1) is 10.1. The Kier molecular flexibility index (Phi) is 3.80. The van der Waals surface area contributed by atoms with Crippen LogP contribution in [0.15, 0.2) is 22.7 Å². The molecule has 0 spiro atoms. The lowest BCUT2D eigenvalue weighted by Crippen LogP contribution is -2.06. The summed E-state index contributed by atoms with van der Waals surface area (Å²) < 4.78 is 14.4. The maximum Gasteiger partial charge on any atom is 0.165 e. The molecule has 0 saturated heterocycles. The monoisotopic (exact) mass is 351 g/mol. The molecule has 0 amide bonds. The number of hydrogen-bond acceptors (Lipinski definition) is 4. The Morgan fingerprint density at radius 1 is 1.38 bits per heavy atom. The highest BCUT2D eigenvalue weighted by Crippen LogP contribution is 2.44. The van der Waals surface area contributed by atoms with Crippen LogP contribution < -0.4 is 5.32 Å². The molecule has 1 aliphatic carbocycles. The van der Waals surface area contributed by atoms with Crippen LogP contribution in [0.3, 0.4) is 0 Å². The van der Waals surface area contributed by atoms with Crippen molar-refractivity contribution in [3.63, 3.8) is 0 Å². The van der Waals surface area contributed by atoms with Gasteiger partial charge in [0, 0.05) is 18.0 Å². The summed E-state index contributed by atoms with van der Waals surface area (Å²) in [6, 6.07) is 4.19. The fraction of sp³-hybridized carbons (Fsp3) is 0.333. The van der Waals surface area contributed by atoms with Gasteiger partial charge in [-0.05, 0) is 53.9 Å². The van der Waals surface area contributed by atoms with Gasteiger partial charge in [-0.25, -0.2) is 14.4 Å². The fourth-order valence-electron chi connectivity index (χ4n) is 2.15. The topological polar surface area (TPSA) is 58.0 Å². The maximum atomic E-state index is 13.5. The zero-order valence-electron chi connectivity index (χ0n) is 11.5. The predicted molar refractivity (Wildman–Crippen MR) is 82.9 cm³/mol. The Labute approximate surface area is 130 Å². The van der Waals surface area contributed by atoms with Gasteiger partial charge in [-0.3, -0.25) is 0 Å². The molecule has 1 fully saturated rings. The predicted octanol–water partition coefficient (Wildman–Crippen LogP) is 4.06. The third kappa shape index (κ3) is 2.85. The minimum atomic E-state index is -0.669. The van der Waals surface area contributed by atoms with Gasteiger partial charge in [0.1, 0.15) is 5.82 Å². The SMILES string of the molecule is CCNc1nc(-c2ccc(O)c(F)c2)nc(C2CC2)c1Br. The lowest BCUT2D eigenvalue weighted by atomic mass is 10.2. The summed E-state index contributed by atoms with van der Waals surface area (Å²) in [6.07, 6.45) is 2.23. The van der Waals surface area contributed by atoms with E-state index in [0.717, 1.165) is 35.4 Å². The molecular weight excluding hydrogens is 337 g/mol. The van der Waals surface area contributed by atoms with E-state index in [1.807, 2.05) is 6.92 Å². The first-order valence-electron chi connectivity index (χ1n) is 6.90. The Hall–Kier alpha value is -1.69. The summed E-state index contributed by atoms with van der Waals surface area (Å²) in [5.74, 6) is 0.593. The number of aromatic hydroxyl groups is 1. The normalized spacial score (nSPS) is 14.2. The standard InChI is InChI=1S/C15H15BrFN3O/c1-2-18-15-12(16)13(8-3-4-8)19-14(20-15)9-5-6-11(21)10(17)7-9/h5-8,21H,2-4H2,1H3,(H,18,19,20). The zero-order valence-corrected chi connectivity index (χ0v) is 13.1. The molecule has 4 nitrogen and oxygen atoms in total. The van der Waals surface area contributed by atoms with Gasteiger partial charge in [0.05, 0.1) is 10.2 Å². The Morgan fingerprint density at radius 3 is 2.76 bits per heavy atom. The van der Waals surface area contributed by atoms with Gasteiger partial charge < -0.3 is 10.4 Å². The molecule has 2 aromatic rings. The summed E-state index contributed by atoms with van der Waals surface area (Å²) in [4.78, 5) is 9.03. The summed E-state index contributed by atoms with van der Waals surface area (Å²) >= 11 is 3.55. The smallest absolute Gasteiger partial charge is 0.165 e. The van der Waals surface area contributed by atoms with E-state index in [2.05, 4.69) is 31.2 Å². The number of nitrogens with one attached hydrogen (secondary N) is 1. The highest BCUT2D eigenvalue weighted by atomic mass is 79.9. The molecule has 0 aliphatic heterocycles. The van der Waals surface area contributed by atoms with Gasteiger partial charge in [-0.15, -0.1) is 0 Å². The molecule has 0 unspecified atom stereocenters. The van der Waals surface area contributed by atoms with Crippen molar-refractivity contribution in [1.29, 1.82) is 0 Å². The average molecular weight is 352 g/mol. The van der Waals surface area contributed by atoms with Crippen molar-refractivity contribution < 1.29 is 9.50 Å². The minimum Gasteiger partial charge on any atom is -0.505 e. The van der Waals surface area contributed by atoms with Gasteiger partial charge in [0.2, 0.25) is 0 Å². The molecule has 3 rings (SSSR count). The third-order valence-corrected chi connectivity index (χ3v) is 4.17. The van der Waals surface area contributed by atoms with E-state index in [-0.39, 0.29) is 5.75 Å². The Morgan fingerprint density at radius 2 is 2.14 bits per heavy atom. The number of rotatable bonds is 4. The molecule has 2 N–H and O–H groups in total. The molecule has 1 aliphatic rings. The molecule has 6 heteroatoms. The maximum absolute atomic E-state index is 13.5. The number of phenols is 1. The largest absolute Gasteiger partial charge is 0.505 e. The second-order valence-corrected chi connectivity index (χ2v) is 5.86. The van der Waals surface area contributed by atoms with Gasteiger partial charge in [0.15, 0.2) is 17.4 Å². The number of halogens is 2. The van der Waals surface area contributed by atoms with Crippen molar-refractivity contribution in [1.82, 2.24) is 9.97 Å². The number of aromatic nitrogens is 2. The Balaban J connectivity index is 2.10. The second-order valence-electron chi connectivity index (χ2n) is 5.07. The third-order valence-electron chi connectivity index (χ3n) is 3.39. The van der Waals surface area contributed by atoms with Crippen molar-refractivity contribution >= 4 is 21.7 Å². The van der Waals surface area contributed by atoms with Crippen LogP contribution in [0, 0.1) is 5.82 Å². The molecule has 1 aromatic carbocycles. The van der Waals surface area contributed by atoms with E-state index in [4.69, 9.17) is 0 Å². The zero-order chi connectivity index (χ0) is 15.0. The number of benzene rings is 1. The van der Waals surface area contributed by atoms with E-state index >= 15 is 0 Å². The van der Waals surface area contributed by atoms with Crippen LogP contribution >= 0.6 is 15.9 Å². The van der Waals surface area contributed by atoms with Gasteiger partial charge in [-0.2, -0.15) is 0 Å². The molecule has 0 radical (unpaired) electrons. The fourth-order valence-corrected chi connectivity index (χ4v) is 2.79. The lowest BCUT2D eigenvalue weighted by molar-refractivity contribution is 0.432. The van der Waals surface area contributed by atoms with Crippen LogP contribution in [-0.4, -0.2) is 21.6 Å². The van der Waals surface area contributed by atoms with Gasteiger partial charge in [-0.1, -0.05) is 0 Å². The van der Waals surface area contributed by atoms with Crippen molar-refractivity contribution in [3.8, 4) is 17.1 Å². The number of anilines is 1. The molecule has 1 heterocycles. The summed E-state index contributed by atoms with van der Waals surface area (Å²) in [7, 11) is 0. The number of hydrogen-bond donors (Lipinski definition) is 2. The quantitative estimate of drug-likeness (QED) is 0.871. The van der Waals surface area contributed by atoms with Crippen molar-refractivity contribution in [3.05, 3.63) is 34.2 Å². The molecule has 110 valence electrons. The first kappa shape index (κ1) is 14.3. The lowest BCUT2D eigenvalue weighted by Gasteiger charge is -2.12. The van der Waals surface area contributed by atoms with Crippen LogP contribution in [0.2, 0.25) is 0 Å². The summed E-state index contributed by atoms with van der Waals surface area (Å²) in [5, 5.41) is 12.5. The molecule has 1 aromatic heterocycles. The van der Waals surface area contributed by atoms with Crippen molar-refractivity contribution in [2.24, 2.45) is 0 Å². The van der Waals surface area contributed by atoms with Crippen molar-refractivity contribution in [2.75, 3.05) is 11.9 Å². The molecule has 0 bridgehead atoms. The van der Waals surface area contributed by atoms with Crippen LogP contribution in [0.1, 0.15) is 31.4 Å². The minimum absolute atomic E-state index is 0.370. The number of phenolic OH excluding ortho intramolecular Hbond substituents is 1. The second kappa shape index (κ2) is 5.60. The van der Waals surface area contributed by atoms with E-state index in [1.165, 1.54) is 12.1 Å². The van der Waals surface area contributed by atoms with E-state index in [1.54, 1.807) is 6.07 Å². The van der Waals surface area contributed by atoms with Crippen LogP contribution in [0.5, 0.6) is 5.75 Å². The van der Waals surface area contributed by atoms with Gasteiger partial charge in [0.25, 0.3) is 0 Å². The van der Waals surface area contributed by atoms with Crippen LogP contribution in [-0.2, 0) is 0 Å². The van der Waals surface area contributed by atoms with Crippen molar-refractivity contribution in [2.45, 2.75) is 25.7 Å². The van der Waals surface area contributed by atoms with Crippen LogP contribution in [0.4, 0.5) is 10.2 Å². The summed E-state index contributed by atoms with van der Waals surface area (Å²) in [5.41, 5.74) is 1.52. The molecule has 1 saturated carbocycles. The van der Waals surface area contributed by atoms with E-state index in [9.17, 15) is 9.50 Å². The average Bonchev–Trinajstić information content (AvgIpc) is 3.29. The molecule has 21 heavy (non-hydrogen) atoms. The molecule has 0 atom stereocenters. The van der Waals surface area contributed by atoms with E-state index < -0.39 is 5.82 Å². The van der Waals surface area contributed by atoms with Gasteiger partial charge >= 0.3 is 0 Å². The highest BCUT2D eigenvalue weighted by Gasteiger charge is 2.29. The summed E-state index contributed by atoms with van der Waals surface area (Å²) in [6.45, 7) is 2.73. The highest BCUT2D eigenvalue weighted by molar-refractivity contribution is 9.10. The first-order valence-corrected chi connectivity index (χ1v) is 7.69. The Bertz CT molecular complexity index is 689. The molecular formula is C15H15BrFN3O. The number of nitrogens with zero attached hydrogens (tertiary/aromatic N) is 2. The van der Waals surface area contributed by atoms with Crippen LogP contribution in [0.25, 0.3) is 11.4 Å². The van der Waals surface area contributed by atoms with E-state index in [0.29, 0.717) is 17.3 Å².